The van der Waals surface area contributed by atoms with Crippen molar-refractivity contribution in [2.75, 3.05) is 19.0 Å². The fourth-order valence-electron chi connectivity index (χ4n) is 3.86. The zero-order chi connectivity index (χ0) is 23.4. The van der Waals surface area contributed by atoms with Crippen LogP contribution in [-0.2, 0) is 0 Å². The average molecular weight is 449 g/mol. The second-order valence-electron chi connectivity index (χ2n) is 7.76. The highest BCUT2D eigenvalue weighted by molar-refractivity contribution is 6.04. The van der Waals surface area contributed by atoms with E-state index in [4.69, 9.17) is 4.74 Å². The molecule has 0 spiro atoms. The number of nitrogens with one attached hydrogen (secondary N) is 1. The van der Waals surface area contributed by atoms with Crippen molar-refractivity contribution in [3.05, 3.63) is 77.3 Å². The van der Waals surface area contributed by atoms with Crippen LogP contribution in [-0.4, -0.2) is 45.3 Å². The fraction of sp³-hybridized carbons (Fsp3) is 0.292. The lowest BCUT2D eigenvalue weighted by molar-refractivity contribution is 0.0598. The molecule has 0 saturated carbocycles. The van der Waals surface area contributed by atoms with Crippen LogP contribution in [0.25, 0.3) is 0 Å². The zero-order valence-corrected chi connectivity index (χ0v) is 18.4. The number of carbonyl (C=O) groups excluding carboxylic acids is 2. The number of likely N-dealkylation sites (tertiary alicyclic amines) is 1. The summed E-state index contributed by atoms with van der Waals surface area (Å²) in [5.41, 5.74) is 1.25. The molecular formula is C24H24FN5O3. The van der Waals surface area contributed by atoms with Crippen LogP contribution in [0.15, 0.2) is 48.8 Å². The maximum atomic E-state index is 13.9. The fourth-order valence-corrected chi connectivity index (χ4v) is 3.86. The maximum Gasteiger partial charge on any atom is 0.259 e. The first-order valence-electron chi connectivity index (χ1n) is 10.7. The minimum atomic E-state index is -0.523. The summed E-state index contributed by atoms with van der Waals surface area (Å²) < 4.78 is 18.9. The first-order valence-corrected chi connectivity index (χ1v) is 10.7. The minimum absolute atomic E-state index is 0.0862. The summed E-state index contributed by atoms with van der Waals surface area (Å²) in [6, 6.07) is 8.96. The van der Waals surface area contributed by atoms with Crippen molar-refractivity contribution in [2.24, 2.45) is 0 Å². The first-order chi connectivity index (χ1) is 16.0. The Balaban J connectivity index is 1.55. The highest BCUT2D eigenvalue weighted by Crippen LogP contribution is 2.30. The van der Waals surface area contributed by atoms with Gasteiger partial charge in [-0.2, -0.15) is 0 Å². The highest BCUT2D eigenvalue weighted by Gasteiger charge is 2.31. The maximum absolute atomic E-state index is 13.9. The van der Waals surface area contributed by atoms with Gasteiger partial charge >= 0.3 is 0 Å². The number of methoxy groups -OCH3 is 1. The molecule has 1 saturated heterocycles. The number of rotatable bonds is 5. The number of carbonyl (C=O) groups is 2. The van der Waals surface area contributed by atoms with Crippen molar-refractivity contribution < 1.29 is 18.7 Å². The minimum Gasteiger partial charge on any atom is -0.481 e. The number of ether oxygens (including phenoxy) is 1. The Morgan fingerprint density at radius 2 is 1.94 bits per heavy atom. The quantitative estimate of drug-likeness (QED) is 0.634. The number of hydrogen-bond acceptors (Lipinski definition) is 6. The van der Waals surface area contributed by atoms with E-state index in [-0.39, 0.29) is 23.2 Å². The Bertz CT molecular complexity index is 1170. The van der Waals surface area contributed by atoms with Crippen LogP contribution in [0, 0.1) is 12.7 Å². The molecule has 1 aliphatic rings. The molecule has 9 heteroatoms. The Hall–Kier alpha value is -3.88. The lowest BCUT2D eigenvalue weighted by Crippen LogP contribution is -2.39. The van der Waals surface area contributed by atoms with Crippen LogP contribution < -0.4 is 10.1 Å². The third kappa shape index (κ3) is 4.82. The lowest BCUT2D eigenvalue weighted by Gasteiger charge is -2.35. The smallest absolute Gasteiger partial charge is 0.259 e. The van der Waals surface area contributed by atoms with Crippen molar-refractivity contribution in [1.82, 2.24) is 19.9 Å². The molecule has 33 heavy (non-hydrogen) atoms. The molecule has 1 N–H and O–H groups in total. The van der Waals surface area contributed by atoms with Crippen LogP contribution in [0.1, 0.15) is 57.5 Å². The monoisotopic (exact) mass is 449 g/mol. The van der Waals surface area contributed by atoms with Gasteiger partial charge in [0.2, 0.25) is 5.88 Å². The Morgan fingerprint density at radius 1 is 1.12 bits per heavy atom. The standard InChI is InChI=1S/C24H24FN5O3/c1-15-17(23(31)29-19-8-4-3-7-18(19)25)14-27-22(28-15)20-9-5-6-12-30(20)24(32)16-10-11-21(33-2)26-13-16/h3-4,7-8,10-11,13-14,20H,5-6,9,12H2,1-2H3,(H,29,31). The number of hydrogen-bond donors (Lipinski definition) is 1. The molecule has 0 bridgehead atoms. The Labute approximate surface area is 190 Å². The summed E-state index contributed by atoms with van der Waals surface area (Å²) in [4.78, 5) is 40.6. The molecule has 4 rings (SSSR count). The van der Waals surface area contributed by atoms with Gasteiger partial charge in [0.05, 0.1) is 35.7 Å². The van der Waals surface area contributed by atoms with Crippen LogP contribution >= 0.6 is 0 Å². The van der Waals surface area contributed by atoms with Crippen molar-refractivity contribution >= 4 is 17.5 Å². The molecule has 1 atom stereocenters. The normalized spacial score (nSPS) is 15.7. The second kappa shape index (κ2) is 9.72. The number of aromatic nitrogens is 3. The zero-order valence-electron chi connectivity index (χ0n) is 18.4. The van der Waals surface area contributed by atoms with Gasteiger partial charge in [-0.3, -0.25) is 9.59 Å². The van der Waals surface area contributed by atoms with Gasteiger partial charge in [0.15, 0.2) is 5.82 Å². The number of aryl methyl sites for hydroxylation is 1. The van der Waals surface area contributed by atoms with Gasteiger partial charge in [-0.15, -0.1) is 0 Å². The summed E-state index contributed by atoms with van der Waals surface area (Å²) in [5.74, 6) is -0.262. The first kappa shape index (κ1) is 22.3. The van der Waals surface area contributed by atoms with Crippen molar-refractivity contribution in [3.63, 3.8) is 0 Å². The largest absolute Gasteiger partial charge is 0.481 e. The second-order valence-corrected chi connectivity index (χ2v) is 7.76. The van der Waals surface area contributed by atoms with E-state index in [9.17, 15) is 14.0 Å². The Kier molecular flexibility index (Phi) is 6.58. The summed E-state index contributed by atoms with van der Waals surface area (Å²) in [5, 5.41) is 2.55. The SMILES string of the molecule is COc1ccc(C(=O)N2CCCCC2c2ncc(C(=O)Nc3ccccc3F)c(C)n2)cn1. The third-order valence-electron chi connectivity index (χ3n) is 5.62. The van der Waals surface area contributed by atoms with Crippen molar-refractivity contribution in [2.45, 2.75) is 32.2 Å². The molecule has 1 aliphatic heterocycles. The highest BCUT2D eigenvalue weighted by atomic mass is 19.1. The molecule has 170 valence electrons. The molecule has 8 nitrogen and oxygen atoms in total. The number of piperidine rings is 1. The van der Waals surface area contributed by atoms with E-state index in [0.29, 0.717) is 29.5 Å². The molecule has 1 aromatic carbocycles. The third-order valence-corrected chi connectivity index (χ3v) is 5.62. The van der Waals surface area contributed by atoms with E-state index in [0.717, 1.165) is 19.3 Å². The number of anilines is 1. The summed E-state index contributed by atoms with van der Waals surface area (Å²) in [6.07, 6.45) is 5.46. The lowest BCUT2D eigenvalue weighted by atomic mass is 10.00. The molecule has 1 fully saturated rings. The van der Waals surface area contributed by atoms with Gasteiger partial charge in [0.25, 0.3) is 11.8 Å². The molecule has 1 unspecified atom stereocenters. The van der Waals surface area contributed by atoms with Gasteiger partial charge < -0.3 is 15.0 Å². The van der Waals surface area contributed by atoms with E-state index in [2.05, 4.69) is 20.3 Å². The number of amides is 2. The number of nitrogens with zero attached hydrogens (tertiary/aromatic N) is 4. The van der Waals surface area contributed by atoms with E-state index < -0.39 is 11.7 Å². The molecule has 2 amide bonds. The molecule has 0 aliphatic carbocycles. The predicted octanol–water partition coefficient (Wildman–Crippen LogP) is 3.95. The molecule has 2 aromatic heterocycles. The molecule has 0 radical (unpaired) electrons. The number of para-hydroxylation sites is 1. The summed E-state index contributed by atoms with van der Waals surface area (Å²) in [6.45, 7) is 2.28. The van der Waals surface area contributed by atoms with E-state index in [1.54, 1.807) is 36.1 Å². The van der Waals surface area contributed by atoms with E-state index in [1.807, 2.05) is 0 Å². The number of pyridine rings is 1. The van der Waals surface area contributed by atoms with Gasteiger partial charge in [0, 0.05) is 25.0 Å². The van der Waals surface area contributed by atoms with Gasteiger partial charge in [-0.05, 0) is 44.4 Å². The predicted molar refractivity (Wildman–Crippen MR) is 120 cm³/mol. The van der Waals surface area contributed by atoms with Crippen LogP contribution in [0.3, 0.4) is 0 Å². The van der Waals surface area contributed by atoms with Crippen LogP contribution in [0.4, 0.5) is 10.1 Å². The van der Waals surface area contributed by atoms with Gasteiger partial charge in [0.1, 0.15) is 5.82 Å². The van der Waals surface area contributed by atoms with Gasteiger partial charge in [-0.1, -0.05) is 12.1 Å². The van der Waals surface area contributed by atoms with E-state index >= 15 is 0 Å². The Morgan fingerprint density at radius 3 is 2.64 bits per heavy atom. The van der Waals surface area contributed by atoms with E-state index in [1.165, 1.54) is 31.6 Å². The van der Waals surface area contributed by atoms with Crippen molar-refractivity contribution in [1.29, 1.82) is 0 Å². The summed E-state index contributed by atoms with van der Waals surface area (Å²) >= 11 is 0. The molecule has 3 aromatic rings. The number of benzene rings is 1. The van der Waals surface area contributed by atoms with Gasteiger partial charge in [-0.25, -0.2) is 19.3 Å². The molecule has 3 heterocycles. The average Bonchev–Trinajstić information content (AvgIpc) is 2.85. The topological polar surface area (TPSA) is 97.3 Å². The number of halogens is 1. The molecular weight excluding hydrogens is 425 g/mol. The summed E-state index contributed by atoms with van der Waals surface area (Å²) in [7, 11) is 1.52. The van der Waals surface area contributed by atoms with Crippen LogP contribution in [0.2, 0.25) is 0 Å². The van der Waals surface area contributed by atoms with Crippen molar-refractivity contribution in [3.8, 4) is 5.88 Å². The van der Waals surface area contributed by atoms with Crippen LogP contribution in [0.5, 0.6) is 5.88 Å².